The highest BCUT2D eigenvalue weighted by Crippen LogP contribution is 2.34. The third-order valence-corrected chi connectivity index (χ3v) is 7.05. The van der Waals surface area contributed by atoms with Gasteiger partial charge < -0.3 is 25.0 Å². The van der Waals surface area contributed by atoms with Crippen LogP contribution in [-0.2, 0) is 25.2 Å². The monoisotopic (exact) mass is 499 g/mol. The van der Waals surface area contributed by atoms with Gasteiger partial charge in [0.2, 0.25) is 24.5 Å². The number of benzene rings is 2. The van der Waals surface area contributed by atoms with E-state index in [0.29, 0.717) is 22.9 Å². The fourth-order valence-corrected chi connectivity index (χ4v) is 5.02. The van der Waals surface area contributed by atoms with E-state index >= 15 is 0 Å². The van der Waals surface area contributed by atoms with Crippen LogP contribution in [0.5, 0.6) is 11.5 Å². The lowest BCUT2D eigenvalue weighted by Crippen LogP contribution is -2.45. The molecule has 2 N–H and O–H groups in total. The predicted molar refractivity (Wildman–Crippen MR) is 133 cm³/mol. The summed E-state index contributed by atoms with van der Waals surface area (Å²) in [6.07, 6.45) is 4.04. The van der Waals surface area contributed by atoms with Crippen molar-refractivity contribution in [2.24, 2.45) is 0 Å². The van der Waals surface area contributed by atoms with Gasteiger partial charge in [-0.25, -0.2) is 0 Å². The normalized spacial score (nSPS) is 15.5. The van der Waals surface area contributed by atoms with E-state index in [9.17, 15) is 18.6 Å². The molecule has 9 nitrogen and oxygen atoms in total. The molecule has 1 aliphatic carbocycles. The minimum atomic E-state index is -1.76. The average Bonchev–Trinajstić information content (AvgIpc) is 3.49. The molecule has 10 heteroatoms. The summed E-state index contributed by atoms with van der Waals surface area (Å²) in [4.78, 5) is 39.4. The molecule has 1 saturated carbocycles. The first kappa shape index (κ1) is 24.7. The van der Waals surface area contributed by atoms with Crippen LogP contribution in [-0.4, -0.2) is 52.8 Å². The number of carbonyl (C=O) groups is 3. The van der Waals surface area contributed by atoms with Crippen LogP contribution in [0.1, 0.15) is 31.2 Å². The van der Waals surface area contributed by atoms with Crippen molar-refractivity contribution in [2.75, 3.05) is 35.1 Å². The molecular formula is C25H29N3O6S. The minimum absolute atomic E-state index is 0.120. The molecule has 3 amide bonds. The Hall–Kier alpha value is -3.40. The van der Waals surface area contributed by atoms with Crippen LogP contribution in [0.2, 0.25) is 0 Å². The fraction of sp³-hybridized carbons (Fsp3) is 0.400. The Morgan fingerprint density at radius 2 is 1.69 bits per heavy atom. The first-order valence-electron chi connectivity index (χ1n) is 11.6. The van der Waals surface area contributed by atoms with Gasteiger partial charge in [-0.15, -0.1) is 0 Å². The van der Waals surface area contributed by atoms with E-state index in [2.05, 4.69) is 10.6 Å². The minimum Gasteiger partial charge on any atom is -0.454 e. The molecule has 1 atom stereocenters. The third-order valence-electron chi connectivity index (χ3n) is 5.90. The summed E-state index contributed by atoms with van der Waals surface area (Å²) in [6.45, 7) is 1.88. The van der Waals surface area contributed by atoms with Crippen molar-refractivity contribution < 1.29 is 28.1 Å². The van der Waals surface area contributed by atoms with Crippen molar-refractivity contribution in [1.82, 2.24) is 5.32 Å². The lowest BCUT2D eigenvalue weighted by molar-refractivity contribution is -0.123. The first-order valence-corrected chi connectivity index (χ1v) is 13.1. The van der Waals surface area contributed by atoms with Gasteiger partial charge in [-0.2, -0.15) is 0 Å². The number of anilines is 2. The molecule has 1 aliphatic heterocycles. The van der Waals surface area contributed by atoms with Gasteiger partial charge in [0.15, 0.2) is 11.5 Å². The molecule has 0 spiro atoms. The van der Waals surface area contributed by atoms with Crippen LogP contribution in [0.15, 0.2) is 42.5 Å². The Kier molecular flexibility index (Phi) is 8.02. The van der Waals surface area contributed by atoms with Gasteiger partial charge in [-0.1, -0.05) is 30.5 Å². The number of ether oxygens (including phenoxy) is 2. The highest BCUT2D eigenvalue weighted by Gasteiger charge is 2.24. The van der Waals surface area contributed by atoms with Gasteiger partial charge >= 0.3 is 0 Å². The average molecular weight is 500 g/mol. The maximum absolute atomic E-state index is 13.1. The molecule has 0 saturated heterocycles. The van der Waals surface area contributed by atoms with E-state index in [-0.39, 0.29) is 36.8 Å². The summed E-state index contributed by atoms with van der Waals surface area (Å²) in [5, 5.41) is 5.64. The largest absolute Gasteiger partial charge is 0.454 e. The van der Waals surface area contributed by atoms with Crippen LogP contribution in [0.4, 0.5) is 11.4 Å². The zero-order chi connectivity index (χ0) is 24.8. The standard InChI is InChI=1S/C25H29N3O6S/c1-17-6-9-20(10-7-17)28(13-23(29)26-18-4-2-3-5-18)25(31)15-35(32)14-24(30)27-19-8-11-21-22(12-19)34-16-33-21/h6-12,18H,2-5,13-16H2,1H3,(H,26,29)(H,27,30). The number of nitrogens with zero attached hydrogens (tertiary/aromatic N) is 1. The van der Waals surface area contributed by atoms with E-state index in [4.69, 9.17) is 9.47 Å². The number of carbonyl (C=O) groups excluding carboxylic acids is 3. The Balaban J connectivity index is 1.35. The molecule has 1 heterocycles. The Morgan fingerprint density at radius 3 is 2.43 bits per heavy atom. The molecule has 2 aromatic carbocycles. The van der Waals surface area contributed by atoms with Crippen molar-refractivity contribution in [2.45, 2.75) is 38.6 Å². The van der Waals surface area contributed by atoms with Crippen LogP contribution in [0, 0.1) is 6.92 Å². The second-order valence-electron chi connectivity index (χ2n) is 8.71. The molecule has 4 rings (SSSR count). The highest BCUT2D eigenvalue weighted by atomic mass is 32.2. The molecule has 186 valence electrons. The SMILES string of the molecule is Cc1ccc(N(CC(=O)NC2CCCC2)C(=O)CS(=O)CC(=O)Nc2ccc3c(c2)OCO3)cc1. The van der Waals surface area contributed by atoms with Crippen molar-refractivity contribution in [3.05, 3.63) is 48.0 Å². The number of nitrogens with one attached hydrogen (secondary N) is 2. The van der Waals surface area contributed by atoms with Crippen LogP contribution < -0.4 is 25.0 Å². The number of aryl methyl sites for hydroxylation is 1. The summed E-state index contributed by atoms with van der Waals surface area (Å²) in [5.74, 6) is -0.846. The number of amides is 3. The van der Waals surface area contributed by atoms with Gasteiger partial charge in [0.1, 0.15) is 18.1 Å². The number of hydrogen-bond donors (Lipinski definition) is 2. The number of fused-ring (bicyclic) bond motifs is 1. The lowest BCUT2D eigenvalue weighted by Gasteiger charge is -2.23. The summed E-state index contributed by atoms with van der Waals surface area (Å²) in [6, 6.07) is 12.3. The second-order valence-corrected chi connectivity index (χ2v) is 10.2. The van der Waals surface area contributed by atoms with E-state index in [1.54, 1.807) is 30.3 Å². The molecule has 35 heavy (non-hydrogen) atoms. The Morgan fingerprint density at radius 1 is 0.971 bits per heavy atom. The van der Waals surface area contributed by atoms with E-state index in [1.165, 1.54) is 4.90 Å². The molecule has 0 bridgehead atoms. The number of rotatable bonds is 9. The van der Waals surface area contributed by atoms with Gasteiger partial charge in [-0.05, 0) is 44.0 Å². The van der Waals surface area contributed by atoms with E-state index < -0.39 is 22.6 Å². The maximum Gasteiger partial charge on any atom is 0.240 e. The van der Waals surface area contributed by atoms with Gasteiger partial charge in [0, 0.05) is 34.3 Å². The Labute approximate surface area is 206 Å². The zero-order valence-corrected chi connectivity index (χ0v) is 20.4. The first-order chi connectivity index (χ1) is 16.9. The van der Waals surface area contributed by atoms with Crippen LogP contribution in [0.25, 0.3) is 0 Å². The summed E-state index contributed by atoms with van der Waals surface area (Å²) in [5.41, 5.74) is 2.04. The smallest absolute Gasteiger partial charge is 0.240 e. The van der Waals surface area contributed by atoms with Gasteiger partial charge in [0.25, 0.3) is 0 Å². The zero-order valence-electron chi connectivity index (χ0n) is 19.6. The van der Waals surface area contributed by atoms with Crippen LogP contribution >= 0.6 is 0 Å². The predicted octanol–water partition coefficient (Wildman–Crippen LogP) is 2.50. The van der Waals surface area contributed by atoms with E-state index in [0.717, 1.165) is 31.2 Å². The Bertz CT molecular complexity index is 1110. The van der Waals surface area contributed by atoms with Crippen molar-refractivity contribution in [3.8, 4) is 11.5 Å². The molecule has 1 fully saturated rings. The molecular weight excluding hydrogens is 470 g/mol. The molecule has 0 aromatic heterocycles. The van der Waals surface area contributed by atoms with E-state index in [1.807, 2.05) is 19.1 Å². The molecule has 2 aromatic rings. The number of hydrogen-bond acceptors (Lipinski definition) is 6. The summed E-state index contributed by atoms with van der Waals surface area (Å²) in [7, 11) is -1.76. The molecule has 2 aliphatic rings. The van der Waals surface area contributed by atoms with Crippen molar-refractivity contribution in [1.29, 1.82) is 0 Å². The molecule has 0 radical (unpaired) electrons. The van der Waals surface area contributed by atoms with Crippen molar-refractivity contribution >= 4 is 39.9 Å². The van der Waals surface area contributed by atoms with Crippen molar-refractivity contribution in [3.63, 3.8) is 0 Å². The third kappa shape index (κ3) is 6.82. The fourth-order valence-electron chi connectivity index (χ4n) is 4.12. The van der Waals surface area contributed by atoms with Gasteiger partial charge in [0.05, 0.1) is 0 Å². The molecule has 1 unspecified atom stereocenters. The topological polar surface area (TPSA) is 114 Å². The highest BCUT2D eigenvalue weighted by molar-refractivity contribution is 7.86. The quantitative estimate of drug-likeness (QED) is 0.548. The van der Waals surface area contributed by atoms with Crippen LogP contribution in [0.3, 0.4) is 0 Å². The maximum atomic E-state index is 13.1. The van der Waals surface area contributed by atoms with Gasteiger partial charge in [-0.3, -0.25) is 18.6 Å². The lowest BCUT2D eigenvalue weighted by atomic mass is 10.2. The second kappa shape index (κ2) is 11.4. The summed E-state index contributed by atoms with van der Waals surface area (Å²) < 4.78 is 23.2. The summed E-state index contributed by atoms with van der Waals surface area (Å²) >= 11 is 0.